The number of amides is 1. The van der Waals surface area contributed by atoms with E-state index in [1.165, 1.54) is 6.20 Å². The Kier molecular flexibility index (Phi) is 4.14. The number of hydrazine groups is 1. The van der Waals surface area contributed by atoms with Crippen LogP contribution in [-0.4, -0.2) is 16.7 Å². The molecule has 17 heavy (non-hydrogen) atoms. The molecule has 0 aliphatic heterocycles. The second-order valence-electron chi connectivity index (χ2n) is 4.29. The minimum atomic E-state index is -0.589. The van der Waals surface area contributed by atoms with Gasteiger partial charge < -0.3 is 10.2 Å². The van der Waals surface area contributed by atoms with Crippen LogP contribution in [0.25, 0.3) is 0 Å². The van der Waals surface area contributed by atoms with Crippen LogP contribution in [-0.2, 0) is 4.74 Å². The number of hydrogen-bond acceptors (Lipinski definition) is 5. The van der Waals surface area contributed by atoms with Crippen LogP contribution in [0.15, 0.2) is 12.3 Å². The van der Waals surface area contributed by atoms with Crippen molar-refractivity contribution >= 4 is 29.2 Å². The number of rotatable bonds is 2. The van der Waals surface area contributed by atoms with E-state index in [4.69, 9.17) is 22.2 Å². The molecule has 94 valence electrons. The smallest absolute Gasteiger partial charge is 0.412 e. The van der Waals surface area contributed by atoms with Crippen molar-refractivity contribution in [2.45, 2.75) is 26.4 Å². The van der Waals surface area contributed by atoms with Gasteiger partial charge in [-0.1, -0.05) is 11.6 Å². The first-order valence-electron chi connectivity index (χ1n) is 4.94. The molecule has 0 bridgehead atoms. The van der Waals surface area contributed by atoms with Gasteiger partial charge in [-0.2, -0.15) is 0 Å². The standard InChI is InChI=1S/C10H15ClN4O2/c1-10(2,3)17-9(16)14-6-4-5-13-8(15-12)7(6)11/h4-5H,12H2,1-3H3,(H2,13,14,15,16). The van der Waals surface area contributed by atoms with E-state index in [-0.39, 0.29) is 10.8 Å². The number of carbonyl (C=O) groups is 1. The fourth-order valence-corrected chi connectivity index (χ4v) is 1.27. The van der Waals surface area contributed by atoms with E-state index in [1.807, 2.05) is 0 Å². The summed E-state index contributed by atoms with van der Waals surface area (Å²) in [5.41, 5.74) is 2.13. The van der Waals surface area contributed by atoms with Crippen LogP contribution in [0.2, 0.25) is 5.02 Å². The molecule has 0 saturated heterocycles. The first kappa shape index (κ1) is 13.5. The number of nitrogens with one attached hydrogen (secondary N) is 2. The Morgan fingerprint density at radius 1 is 1.53 bits per heavy atom. The molecule has 6 nitrogen and oxygen atoms in total. The van der Waals surface area contributed by atoms with Crippen LogP contribution in [0.3, 0.4) is 0 Å². The van der Waals surface area contributed by atoms with Crippen molar-refractivity contribution in [2.24, 2.45) is 5.84 Å². The summed E-state index contributed by atoms with van der Waals surface area (Å²) >= 11 is 5.95. The number of ether oxygens (including phenoxy) is 1. The van der Waals surface area contributed by atoms with Crippen LogP contribution in [0.5, 0.6) is 0 Å². The highest BCUT2D eigenvalue weighted by Gasteiger charge is 2.17. The Labute approximate surface area is 104 Å². The van der Waals surface area contributed by atoms with E-state index in [2.05, 4.69) is 15.7 Å². The minimum absolute atomic E-state index is 0.223. The number of nitrogens with two attached hydrogens (primary N) is 1. The zero-order valence-electron chi connectivity index (χ0n) is 9.87. The monoisotopic (exact) mass is 258 g/mol. The van der Waals surface area contributed by atoms with Gasteiger partial charge in [0.15, 0.2) is 5.82 Å². The zero-order valence-corrected chi connectivity index (χ0v) is 10.6. The molecule has 1 aromatic heterocycles. The molecular weight excluding hydrogens is 244 g/mol. The van der Waals surface area contributed by atoms with Crippen molar-refractivity contribution in [3.63, 3.8) is 0 Å². The second kappa shape index (κ2) is 5.20. The third-order valence-electron chi connectivity index (χ3n) is 1.66. The summed E-state index contributed by atoms with van der Waals surface area (Å²) in [6, 6.07) is 1.55. The van der Waals surface area contributed by atoms with Gasteiger partial charge in [-0.3, -0.25) is 5.32 Å². The number of carbonyl (C=O) groups excluding carboxylic acids is 1. The number of nitrogens with zero attached hydrogens (tertiary/aromatic N) is 1. The lowest BCUT2D eigenvalue weighted by molar-refractivity contribution is 0.0636. The highest BCUT2D eigenvalue weighted by atomic mass is 35.5. The van der Waals surface area contributed by atoms with Crippen molar-refractivity contribution in [3.8, 4) is 0 Å². The Morgan fingerprint density at radius 2 is 2.18 bits per heavy atom. The second-order valence-corrected chi connectivity index (χ2v) is 4.67. The predicted octanol–water partition coefficient (Wildman–Crippen LogP) is 2.37. The number of halogens is 1. The minimum Gasteiger partial charge on any atom is -0.444 e. The van der Waals surface area contributed by atoms with Crippen LogP contribution < -0.4 is 16.6 Å². The molecular formula is C10H15ClN4O2. The molecule has 0 fully saturated rings. The normalized spacial score (nSPS) is 10.9. The van der Waals surface area contributed by atoms with Crippen molar-refractivity contribution < 1.29 is 9.53 Å². The van der Waals surface area contributed by atoms with E-state index >= 15 is 0 Å². The number of hydrogen-bond donors (Lipinski definition) is 3. The van der Waals surface area contributed by atoms with Crippen molar-refractivity contribution in [1.82, 2.24) is 4.98 Å². The van der Waals surface area contributed by atoms with Crippen LogP contribution in [0, 0.1) is 0 Å². The van der Waals surface area contributed by atoms with E-state index in [9.17, 15) is 4.79 Å². The number of nitrogen functional groups attached to an aromatic ring is 1. The molecule has 1 aromatic rings. The average Bonchev–Trinajstić information content (AvgIpc) is 2.18. The van der Waals surface area contributed by atoms with Gasteiger partial charge in [0.1, 0.15) is 10.6 Å². The SMILES string of the molecule is CC(C)(C)OC(=O)Nc1ccnc(NN)c1Cl. The molecule has 0 aromatic carbocycles. The first-order chi connectivity index (χ1) is 7.83. The Morgan fingerprint density at radius 3 is 2.71 bits per heavy atom. The molecule has 4 N–H and O–H groups in total. The van der Waals surface area contributed by atoms with Crippen molar-refractivity contribution in [3.05, 3.63) is 17.3 Å². The van der Waals surface area contributed by atoms with Crippen molar-refractivity contribution in [1.29, 1.82) is 0 Å². The van der Waals surface area contributed by atoms with Gasteiger partial charge >= 0.3 is 6.09 Å². The third-order valence-corrected chi connectivity index (χ3v) is 2.04. The molecule has 0 unspecified atom stereocenters. The maximum atomic E-state index is 11.5. The van der Waals surface area contributed by atoms with Gasteiger partial charge in [-0.05, 0) is 26.8 Å². The number of anilines is 2. The zero-order chi connectivity index (χ0) is 13.1. The molecule has 1 heterocycles. The Balaban J connectivity index is 2.79. The molecule has 0 aliphatic carbocycles. The molecule has 1 amide bonds. The van der Waals surface area contributed by atoms with E-state index < -0.39 is 11.7 Å². The summed E-state index contributed by atoms with van der Waals surface area (Å²) in [7, 11) is 0. The fraction of sp³-hybridized carbons (Fsp3) is 0.400. The fourth-order valence-electron chi connectivity index (χ4n) is 1.05. The van der Waals surface area contributed by atoms with Gasteiger partial charge in [0, 0.05) is 6.20 Å². The lowest BCUT2D eigenvalue weighted by Crippen LogP contribution is -2.27. The Hall–Kier alpha value is -1.53. The molecule has 7 heteroatoms. The number of aromatic nitrogens is 1. The van der Waals surface area contributed by atoms with Crippen LogP contribution in [0.1, 0.15) is 20.8 Å². The third kappa shape index (κ3) is 4.08. The van der Waals surface area contributed by atoms with Crippen molar-refractivity contribution in [2.75, 3.05) is 10.7 Å². The average molecular weight is 259 g/mol. The Bertz CT molecular complexity index is 417. The van der Waals surface area contributed by atoms with Gasteiger partial charge in [0.2, 0.25) is 0 Å². The lowest BCUT2D eigenvalue weighted by atomic mass is 10.2. The maximum Gasteiger partial charge on any atom is 0.412 e. The van der Waals surface area contributed by atoms with E-state index in [1.54, 1.807) is 26.8 Å². The molecule has 0 radical (unpaired) electrons. The summed E-state index contributed by atoms with van der Waals surface area (Å²) in [6.07, 6.45) is 0.877. The molecule has 0 saturated carbocycles. The van der Waals surface area contributed by atoms with Gasteiger partial charge in [0.05, 0.1) is 5.69 Å². The predicted molar refractivity (Wildman–Crippen MR) is 66.9 cm³/mol. The largest absolute Gasteiger partial charge is 0.444 e. The summed E-state index contributed by atoms with van der Waals surface area (Å²) in [5, 5.41) is 2.74. The lowest BCUT2D eigenvalue weighted by Gasteiger charge is -2.20. The maximum absolute atomic E-state index is 11.5. The highest BCUT2D eigenvalue weighted by molar-refractivity contribution is 6.35. The summed E-state index contributed by atoms with van der Waals surface area (Å²) in [5.74, 6) is 5.49. The summed E-state index contributed by atoms with van der Waals surface area (Å²) in [4.78, 5) is 15.4. The van der Waals surface area contributed by atoms with Gasteiger partial charge in [-0.25, -0.2) is 15.6 Å². The quantitative estimate of drug-likeness (QED) is 0.560. The number of pyridine rings is 1. The van der Waals surface area contributed by atoms with E-state index in [0.29, 0.717) is 5.69 Å². The van der Waals surface area contributed by atoms with E-state index in [0.717, 1.165) is 0 Å². The highest BCUT2D eigenvalue weighted by Crippen LogP contribution is 2.27. The molecule has 0 atom stereocenters. The molecule has 0 spiro atoms. The topological polar surface area (TPSA) is 89.3 Å². The molecule has 0 aliphatic rings. The van der Waals surface area contributed by atoms with Gasteiger partial charge in [0.25, 0.3) is 0 Å². The first-order valence-corrected chi connectivity index (χ1v) is 5.32. The summed E-state index contributed by atoms with van der Waals surface area (Å²) < 4.78 is 5.09. The van der Waals surface area contributed by atoms with Crippen LogP contribution >= 0.6 is 11.6 Å². The van der Waals surface area contributed by atoms with Gasteiger partial charge in [-0.15, -0.1) is 0 Å². The molecule has 1 rings (SSSR count). The van der Waals surface area contributed by atoms with Crippen LogP contribution in [0.4, 0.5) is 16.3 Å². The summed E-state index contributed by atoms with van der Waals surface area (Å²) in [6.45, 7) is 5.31.